The van der Waals surface area contributed by atoms with Gasteiger partial charge in [-0.15, -0.1) is 0 Å². The van der Waals surface area contributed by atoms with Gasteiger partial charge in [-0.3, -0.25) is 0 Å². The molecule has 0 radical (unpaired) electrons. The average molecular weight is 463 g/mol. The maximum Gasteiger partial charge on any atom is 0.162 e. The molecule has 2 aromatic heterocycles. The highest BCUT2D eigenvalue weighted by molar-refractivity contribution is 5.82. The van der Waals surface area contributed by atoms with Gasteiger partial charge in [0.1, 0.15) is 18.2 Å². The normalized spacial score (nSPS) is 10.7. The number of H-pyrrole nitrogens is 1. The van der Waals surface area contributed by atoms with Crippen LogP contribution >= 0.6 is 0 Å². The number of ether oxygens (including phenoxy) is 5. The Kier molecular flexibility index (Phi) is 6.75. The van der Waals surface area contributed by atoms with Gasteiger partial charge in [0.25, 0.3) is 0 Å². The number of rotatable bonds is 10. The van der Waals surface area contributed by atoms with Crippen molar-refractivity contribution in [2.75, 3.05) is 47.0 Å². The van der Waals surface area contributed by atoms with E-state index in [4.69, 9.17) is 23.7 Å². The second-order valence-corrected chi connectivity index (χ2v) is 7.18. The Morgan fingerprint density at radius 1 is 0.941 bits per heavy atom. The fourth-order valence-electron chi connectivity index (χ4n) is 3.56. The number of nitriles is 1. The molecular formula is C24H25N5O5. The number of anilines is 2. The standard InChI is InChI=1S/C24H25N5O5/c1-30-9-10-34-19-7-5-15(11-20(19)32-3)22-24(29-23(28-22)16(13-25)14-26-29)27-17-6-8-18(31-2)21(12-17)33-4/h5-8,11-12,14,27-28H,9-10H2,1-4H3. The van der Waals surface area contributed by atoms with Gasteiger partial charge in [0.2, 0.25) is 0 Å². The second kappa shape index (κ2) is 10.1. The minimum Gasteiger partial charge on any atom is -0.493 e. The Morgan fingerprint density at radius 3 is 2.38 bits per heavy atom. The van der Waals surface area contributed by atoms with E-state index in [1.54, 1.807) is 33.0 Å². The van der Waals surface area contributed by atoms with E-state index >= 15 is 0 Å². The lowest BCUT2D eigenvalue weighted by Crippen LogP contribution is -2.05. The van der Waals surface area contributed by atoms with Crippen LogP contribution in [0.2, 0.25) is 0 Å². The predicted molar refractivity (Wildman–Crippen MR) is 126 cm³/mol. The number of fused-ring (bicyclic) bond motifs is 1. The predicted octanol–water partition coefficient (Wildman–Crippen LogP) is 4.00. The molecule has 10 nitrogen and oxygen atoms in total. The van der Waals surface area contributed by atoms with Crippen molar-refractivity contribution in [1.82, 2.24) is 14.6 Å². The zero-order valence-electron chi connectivity index (χ0n) is 19.3. The number of nitrogens with zero attached hydrogens (tertiary/aromatic N) is 3. The van der Waals surface area contributed by atoms with Gasteiger partial charge in [-0.05, 0) is 30.3 Å². The van der Waals surface area contributed by atoms with E-state index in [-0.39, 0.29) is 0 Å². The summed E-state index contributed by atoms with van der Waals surface area (Å²) in [5.74, 6) is 3.01. The second-order valence-electron chi connectivity index (χ2n) is 7.18. The van der Waals surface area contributed by atoms with Crippen LogP contribution in [-0.4, -0.2) is 56.3 Å². The number of hydrogen-bond acceptors (Lipinski definition) is 8. The van der Waals surface area contributed by atoms with Crippen molar-refractivity contribution in [3.63, 3.8) is 0 Å². The number of aromatic amines is 1. The Balaban J connectivity index is 1.79. The minimum absolute atomic E-state index is 0.403. The molecule has 0 aliphatic carbocycles. The molecule has 2 aromatic carbocycles. The molecule has 0 bridgehead atoms. The smallest absolute Gasteiger partial charge is 0.162 e. The summed E-state index contributed by atoms with van der Waals surface area (Å²) < 4.78 is 28.8. The molecule has 4 aromatic rings. The number of methoxy groups -OCH3 is 4. The van der Waals surface area contributed by atoms with Crippen LogP contribution in [0.4, 0.5) is 11.5 Å². The van der Waals surface area contributed by atoms with Crippen molar-refractivity contribution in [3.8, 4) is 40.3 Å². The summed E-state index contributed by atoms with van der Waals surface area (Å²) in [5.41, 5.74) is 3.28. The van der Waals surface area contributed by atoms with Crippen molar-refractivity contribution in [2.24, 2.45) is 0 Å². The van der Waals surface area contributed by atoms with Crippen LogP contribution in [0.25, 0.3) is 16.9 Å². The highest BCUT2D eigenvalue weighted by Crippen LogP contribution is 2.38. The highest BCUT2D eigenvalue weighted by Gasteiger charge is 2.19. The van der Waals surface area contributed by atoms with Gasteiger partial charge in [0.15, 0.2) is 34.5 Å². The maximum atomic E-state index is 9.51. The van der Waals surface area contributed by atoms with Crippen LogP contribution in [0.5, 0.6) is 23.0 Å². The lowest BCUT2D eigenvalue weighted by molar-refractivity contribution is 0.144. The Bertz CT molecular complexity index is 1340. The summed E-state index contributed by atoms with van der Waals surface area (Å²) in [6, 6.07) is 13.3. The molecule has 10 heteroatoms. The van der Waals surface area contributed by atoms with Crippen LogP contribution in [0.3, 0.4) is 0 Å². The lowest BCUT2D eigenvalue weighted by atomic mass is 10.1. The molecule has 176 valence electrons. The van der Waals surface area contributed by atoms with Crippen LogP contribution in [0, 0.1) is 11.3 Å². The largest absolute Gasteiger partial charge is 0.493 e. The molecule has 0 aliphatic heterocycles. The third-order valence-corrected chi connectivity index (χ3v) is 5.23. The summed E-state index contributed by atoms with van der Waals surface area (Å²) in [4.78, 5) is 3.32. The van der Waals surface area contributed by atoms with Crippen LogP contribution in [0.1, 0.15) is 5.56 Å². The summed E-state index contributed by atoms with van der Waals surface area (Å²) in [6.45, 7) is 0.870. The topological polar surface area (TPSA) is 115 Å². The van der Waals surface area contributed by atoms with Crippen molar-refractivity contribution >= 4 is 17.2 Å². The molecule has 0 fully saturated rings. The van der Waals surface area contributed by atoms with E-state index in [0.29, 0.717) is 53.2 Å². The molecule has 0 amide bonds. The van der Waals surface area contributed by atoms with Gasteiger partial charge in [-0.2, -0.15) is 14.9 Å². The van der Waals surface area contributed by atoms with E-state index in [1.807, 2.05) is 36.4 Å². The third-order valence-electron chi connectivity index (χ3n) is 5.23. The lowest BCUT2D eigenvalue weighted by Gasteiger charge is -2.14. The Hall–Kier alpha value is -4.36. The van der Waals surface area contributed by atoms with Gasteiger partial charge in [-0.1, -0.05) is 0 Å². The molecule has 2 heterocycles. The summed E-state index contributed by atoms with van der Waals surface area (Å²) in [6.07, 6.45) is 1.52. The molecular weight excluding hydrogens is 438 g/mol. The van der Waals surface area contributed by atoms with E-state index in [9.17, 15) is 5.26 Å². The highest BCUT2D eigenvalue weighted by atomic mass is 16.5. The van der Waals surface area contributed by atoms with Gasteiger partial charge in [0, 0.05) is 24.4 Å². The van der Waals surface area contributed by atoms with Gasteiger partial charge in [-0.25, -0.2) is 0 Å². The number of aromatic nitrogens is 3. The molecule has 4 rings (SSSR count). The van der Waals surface area contributed by atoms with Crippen LogP contribution in [-0.2, 0) is 4.74 Å². The van der Waals surface area contributed by atoms with Crippen LogP contribution < -0.4 is 24.3 Å². The Morgan fingerprint density at radius 2 is 1.68 bits per heavy atom. The molecule has 34 heavy (non-hydrogen) atoms. The van der Waals surface area contributed by atoms with Crippen molar-refractivity contribution in [1.29, 1.82) is 5.26 Å². The number of hydrogen-bond donors (Lipinski definition) is 2. The first-order chi connectivity index (χ1) is 16.6. The molecule has 0 atom stereocenters. The van der Waals surface area contributed by atoms with Crippen molar-refractivity contribution in [2.45, 2.75) is 0 Å². The number of nitrogens with one attached hydrogen (secondary N) is 2. The fraction of sp³-hybridized carbons (Fsp3) is 0.250. The van der Waals surface area contributed by atoms with E-state index in [1.165, 1.54) is 6.20 Å². The third kappa shape index (κ3) is 4.29. The molecule has 0 spiro atoms. The molecule has 0 saturated heterocycles. The summed E-state index contributed by atoms with van der Waals surface area (Å²) >= 11 is 0. The monoisotopic (exact) mass is 463 g/mol. The SMILES string of the molecule is COCCOc1ccc(-c2[nH]c3c(C#N)cnn3c2Nc2ccc(OC)c(OC)c2)cc1OC. The van der Waals surface area contributed by atoms with E-state index in [0.717, 1.165) is 16.9 Å². The molecule has 0 saturated carbocycles. The first-order valence-corrected chi connectivity index (χ1v) is 10.4. The molecule has 0 unspecified atom stereocenters. The molecule has 0 aliphatic rings. The molecule has 2 N–H and O–H groups in total. The van der Waals surface area contributed by atoms with Crippen molar-refractivity contribution < 1.29 is 23.7 Å². The summed E-state index contributed by atoms with van der Waals surface area (Å²) in [7, 11) is 6.37. The Labute approximate surface area is 196 Å². The van der Waals surface area contributed by atoms with Gasteiger partial charge in [0.05, 0.1) is 39.8 Å². The zero-order chi connectivity index (χ0) is 24.1. The first kappa shape index (κ1) is 22.8. The number of benzene rings is 2. The zero-order valence-corrected chi connectivity index (χ0v) is 19.3. The van der Waals surface area contributed by atoms with E-state index < -0.39 is 0 Å². The average Bonchev–Trinajstić information content (AvgIpc) is 3.44. The van der Waals surface area contributed by atoms with Crippen LogP contribution in [0.15, 0.2) is 42.6 Å². The van der Waals surface area contributed by atoms with E-state index in [2.05, 4.69) is 21.5 Å². The summed E-state index contributed by atoms with van der Waals surface area (Å²) in [5, 5.41) is 17.3. The van der Waals surface area contributed by atoms with Gasteiger partial charge >= 0.3 is 0 Å². The van der Waals surface area contributed by atoms with Gasteiger partial charge < -0.3 is 34.0 Å². The minimum atomic E-state index is 0.403. The maximum absolute atomic E-state index is 9.51. The quantitative estimate of drug-likeness (QED) is 0.339. The number of imidazole rings is 1. The fourth-order valence-corrected chi connectivity index (χ4v) is 3.56. The first-order valence-electron chi connectivity index (χ1n) is 10.4. The van der Waals surface area contributed by atoms with Crippen molar-refractivity contribution in [3.05, 3.63) is 48.2 Å².